The second kappa shape index (κ2) is 9.64. The molecule has 0 atom stereocenters. The van der Waals surface area contributed by atoms with E-state index in [4.69, 9.17) is 14.2 Å². The van der Waals surface area contributed by atoms with E-state index in [1.165, 1.54) is 4.90 Å². The van der Waals surface area contributed by atoms with Gasteiger partial charge < -0.3 is 19.5 Å². The summed E-state index contributed by atoms with van der Waals surface area (Å²) in [6, 6.07) is 14.7. The minimum absolute atomic E-state index is 0.270. The molecule has 2 aromatic carbocycles. The zero-order chi connectivity index (χ0) is 22.6. The lowest BCUT2D eigenvalue weighted by Gasteiger charge is -2.27. The summed E-state index contributed by atoms with van der Waals surface area (Å²) in [7, 11) is 0. The summed E-state index contributed by atoms with van der Waals surface area (Å²) in [6.07, 6.45) is 0.719. The number of morpholine rings is 1. The van der Waals surface area contributed by atoms with E-state index in [9.17, 15) is 9.59 Å². The summed E-state index contributed by atoms with van der Waals surface area (Å²) in [6.45, 7) is 5.40. The number of nitrogens with zero attached hydrogens (tertiary/aromatic N) is 2. The van der Waals surface area contributed by atoms with E-state index in [0.717, 1.165) is 39.3 Å². The van der Waals surface area contributed by atoms with Crippen molar-refractivity contribution in [2.24, 2.45) is 0 Å². The molecule has 5 rings (SSSR count). The Morgan fingerprint density at radius 3 is 2.36 bits per heavy atom. The maximum Gasteiger partial charge on any atom is 0.278 e. The highest BCUT2D eigenvalue weighted by molar-refractivity contribution is 6.36. The van der Waals surface area contributed by atoms with Gasteiger partial charge in [-0.15, -0.1) is 0 Å². The van der Waals surface area contributed by atoms with Crippen LogP contribution in [0.3, 0.4) is 0 Å². The first kappa shape index (κ1) is 21.5. The topological polar surface area (TPSA) is 80.3 Å². The lowest BCUT2D eigenvalue weighted by atomic mass is 10.0. The largest absolute Gasteiger partial charge is 0.486 e. The predicted molar refractivity (Wildman–Crippen MR) is 123 cm³/mol. The standard InChI is InChI=1S/C25H27N3O5/c29-24-22(18-5-2-1-3-6-18)23(26-19-7-8-20-21(17-19)33-16-15-32-20)25(30)28(24)10-4-9-27-11-13-31-14-12-27/h1-3,5-8,17,26H,4,9-16H2. The number of carbonyl (C=O) groups excluding carboxylic acids is 2. The third-order valence-corrected chi connectivity index (χ3v) is 6.00. The number of anilines is 1. The van der Waals surface area contributed by atoms with Crippen molar-refractivity contribution in [2.45, 2.75) is 6.42 Å². The van der Waals surface area contributed by atoms with E-state index in [1.54, 1.807) is 12.1 Å². The van der Waals surface area contributed by atoms with Crippen LogP contribution < -0.4 is 14.8 Å². The van der Waals surface area contributed by atoms with E-state index in [2.05, 4.69) is 10.2 Å². The molecule has 8 heteroatoms. The first-order valence-electron chi connectivity index (χ1n) is 11.3. The SMILES string of the molecule is O=C1C(Nc2ccc3c(c2)OCCO3)=C(c2ccccc2)C(=O)N1CCCN1CCOCC1. The fourth-order valence-electron chi connectivity index (χ4n) is 4.31. The van der Waals surface area contributed by atoms with Crippen LogP contribution in [0.2, 0.25) is 0 Å². The van der Waals surface area contributed by atoms with Crippen molar-refractivity contribution >= 4 is 23.1 Å². The van der Waals surface area contributed by atoms with E-state index < -0.39 is 0 Å². The third-order valence-electron chi connectivity index (χ3n) is 6.00. The maximum absolute atomic E-state index is 13.4. The van der Waals surface area contributed by atoms with Crippen molar-refractivity contribution < 1.29 is 23.8 Å². The summed E-state index contributed by atoms with van der Waals surface area (Å²) in [5, 5.41) is 3.19. The summed E-state index contributed by atoms with van der Waals surface area (Å²) >= 11 is 0. The van der Waals surface area contributed by atoms with Crippen molar-refractivity contribution in [3.05, 3.63) is 59.8 Å². The number of ether oxygens (including phenoxy) is 3. The minimum atomic E-state index is -0.310. The Balaban J connectivity index is 1.37. The molecule has 2 aromatic rings. The molecule has 8 nitrogen and oxygen atoms in total. The van der Waals surface area contributed by atoms with Gasteiger partial charge in [0.25, 0.3) is 11.8 Å². The monoisotopic (exact) mass is 449 g/mol. The molecule has 0 bridgehead atoms. The second-order valence-electron chi connectivity index (χ2n) is 8.17. The number of fused-ring (bicyclic) bond motifs is 1. The van der Waals surface area contributed by atoms with E-state index in [0.29, 0.717) is 48.1 Å². The van der Waals surface area contributed by atoms with Gasteiger partial charge in [-0.3, -0.25) is 19.4 Å². The molecular formula is C25H27N3O5. The van der Waals surface area contributed by atoms with Crippen LogP contribution in [0.5, 0.6) is 11.5 Å². The molecule has 0 radical (unpaired) electrons. The average molecular weight is 450 g/mol. The minimum Gasteiger partial charge on any atom is -0.486 e. The number of amides is 2. The molecule has 0 aromatic heterocycles. The fourth-order valence-corrected chi connectivity index (χ4v) is 4.31. The molecule has 0 aliphatic carbocycles. The highest BCUT2D eigenvalue weighted by atomic mass is 16.6. The van der Waals surface area contributed by atoms with Crippen LogP contribution in [0, 0.1) is 0 Å². The molecule has 172 valence electrons. The predicted octanol–water partition coefficient (Wildman–Crippen LogP) is 2.37. The normalized spacial score (nSPS) is 18.7. The number of hydrogen-bond acceptors (Lipinski definition) is 7. The average Bonchev–Trinajstić information content (AvgIpc) is 3.09. The van der Waals surface area contributed by atoms with Crippen LogP contribution in [-0.2, 0) is 14.3 Å². The molecule has 2 amide bonds. The van der Waals surface area contributed by atoms with Crippen molar-refractivity contribution in [1.82, 2.24) is 9.80 Å². The maximum atomic E-state index is 13.4. The Bertz CT molecular complexity index is 1060. The zero-order valence-corrected chi connectivity index (χ0v) is 18.4. The highest BCUT2D eigenvalue weighted by Crippen LogP contribution is 2.35. The van der Waals surface area contributed by atoms with Gasteiger partial charge in [0, 0.05) is 37.9 Å². The lowest BCUT2D eigenvalue weighted by Crippen LogP contribution is -2.39. The molecule has 1 fully saturated rings. The number of imide groups is 1. The molecule has 0 unspecified atom stereocenters. The van der Waals surface area contributed by atoms with Crippen molar-refractivity contribution in [2.75, 3.05) is 57.9 Å². The molecule has 3 heterocycles. The molecule has 33 heavy (non-hydrogen) atoms. The van der Waals surface area contributed by atoms with Gasteiger partial charge in [0.05, 0.1) is 18.8 Å². The Morgan fingerprint density at radius 2 is 1.58 bits per heavy atom. The smallest absolute Gasteiger partial charge is 0.278 e. The number of benzene rings is 2. The second-order valence-corrected chi connectivity index (χ2v) is 8.17. The van der Waals surface area contributed by atoms with Gasteiger partial charge in [0.2, 0.25) is 0 Å². The molecule has 1 saturated heterocycles. The summed E-state index contributed by atoms with van der Waals surface area (Å²) in [5.41, 5.74) is 2.06. The van der Waals surface area contributed by atoms with Gasteiger partial charge >= 0.3 is 0 Å². The number of hydrogen-bond donors (Lipinski definition) is 1. The van der Waals surface area contributed by atoms with Gasteiger partial charge in [-0.25, -0.2) is 0 Å². The Labute approximate surface area is 192 Å². The van der Waals surface area contributed by atoms with E-state index in [1.807, 2.05) is 36.4 Å². The van der Waals surface area contributed by atoms with Crippen LogP contribution in [0.1, 0.15) is 12.0 Å². The van der Waals surface area contributed by atoms with Crippen LogP contribution >= 0.6 is 0 Å². The van der Waals surface area contributed by atoms with Gasteiger partial charge in [-0.1, -0.05) is 30.3 Å². The molecule has 3 aliphatic heterocycles. The fraction of sp³-hybridized carbons (Fsp3) is 0.360. The molecule has 0 spiro atoms. The van der Waals surface area contributed by atoms with Crippen LogP contribution in [0.4, 0.5) is 5.69 Å². The molecule has 3 aliphatic rings. The van der Waals surface area contributed by atoms with Crippen LogP contribution in [0.25, 0.3) is 5.57 Å². The van der Waals surface area contributed by atoms with Crippen LogP contribution in [-0.4, -0.2) is 74.2 Å². The van der Waals surface area contributed by atoms with Gasteiger partial charge in [0.1, 0.15) is 18.9 Å². The quantitative estimate of drug-likeness (QED) is 0.650. The molecular weight excluding hydrogens is 422 g/mol. The first-order chi connectivity index (χ1) is 16.2. The molecule has 1 N–H and O–H groups in total. The highest BCUT2D eigenvalue weighted by Gasteiger charge is 2.39. The van der Waals surface area contributed by atoms with Gasteiger partial charge in [-0.2, -0.15) is 0 Å². The van der Waals surface area contributed by atoms with E-state index >= 15 is 0 Å². The Morgan fingerprint density at radius 1 is 0.818 bits per heavy atom. The van der Waals surface area contributed by atoms with Crippen molar-refractivity contribution in [3.63, 3.8) is 0 Å². The lowest BCUT2D eigenvalue weighted by molar-refractivity contribution is -0.136. The zero-order valence-electron chi connectivity index (χ0n) is 18.4. The molecule has 0 saturated carbocycles. The summed E-state index contributed by atoms with van der Waals surface area (Å²) < 4.78 is 16.6. The number of rotatable bonds is 7. The van der Waals surface area contributed by atoms with E-state index in [-0.39, 0.29) is 17.5 Å². The van der Waals surface area contributed by atoms with Gasteiger partial charge in [0.15, 0.2) is 11.5 Å². The van der Waals surface area contributed by atoms with Crippen LogP contribution in [0.15, 0.2) is 54.2 Å². The Kier molecular flexibility index (Phi) is 6.28. The number of nitrogens with one attached hydrogen (secondary N) is 1. The Hall–Kier alpha value is -3.36. The van der Waals surface area contributed by atoms with Crippen molar-refractivity contribution in [3.8, 4) is 11.5 Å². The number of carbonyl (C=O) groups is 2. The van der Waals surface area contributed by atoms with Gasteiger partial charge in [-0.05, 0) is 24.1 Å². The third kappa shape index (κ3) is 4.58. The van der Waals surface area contributed by atoms with Crippen molar-refractivity contribution in [1.29, 1.82) is 0 Å². The first-order valence-corrected chi connectivity index (χ1v) is 11.3. The summed E-state index contributed by atoms with van der Waals surface area (Å²) in [5.74, 6) is 0.707. The summed E-state index contributed by atoms with van der Waals surface area (Å²) in [4.78, 5) is 30.4.